The number of aryl methyl sites for hydroxylation is 1. The van der Waals surface area contributed by atoms with Crippen molar-refractivity contribution in [3.05, 3.63) is 24.5 Å². The maximum Gasteiger partial charge on any atom is 0.306 e. The number of carbonyl (C=O) groups is 2. The molecule has 334 valence electrons. The molecular formula is C51H96N2O4. The maximum absolute atomic E-state index is 12.8. The first-order chi connectivity index (χ1) is 28.0. The Morgan fingerprint density at radius 1 is 0.439 bits per heavy atom. The minimum Gasteiger partial charge on any atom is -0.462 e. The summed E-state index contributed by atoms with van der Waals surface area (Å²) in [4.78, 5) is 28.0. The summed E-state index contributed by atoms with van der Waals surface area (Å²) >= 11 is 0. The molecule has 6 nitrogen and oxygen atoms in total. The van der Waals surface area contributed by atoms with Gasteiger partial charge in [-0.3, -0.25) is 9.59 Å². The summed E-state index contributed by atoms with van der Waals surface area (Å²) in [6.07, 6.45) is 45.6. The zero-order valence-corrected chi connectivity index (χ0v) is 38.6. The third kappa shape index (κ3) is 34.7. The fourth-order valence-electron chi connectivity index (χ4n) is 8.16. The van der Waals surface area contributed by atoms with E-state index in [4.69, 9.17) is 9.47 Å². The topological polar surface area (TPSA) is 60.8 Å². The van der Waals surface area contributed by atoms with E-state index in [0.29, 0.717) is 12.8 Å². The van der Waals surface area contributed by atoms with E-state index in [1.807, 2.05) is 0 Å². The molecular weight excluding hydrogens is 705 g/mol. The molecule has 0 bridgehead atoms. The fraction of sp³-hybridized carbons (Fsp3) is 0.882. The second-order valence-corrected chi connectivity index (χ2v) is 17.5. The van der Waals surface area contributed by atoms with Crippen molar-refractivity contribution >= 4 is 11.9 Å². The lowest BCUT2D eigenvalue weighted by molar-refractivity contribution is -0.150. The summed E-state index contributed by atoms with van der Waals surface area (Å²) in [7, 11) is 0. The predicted octanol–water partition coefficient (Wildman–Crippen LogP) is 15.3. The van der Waals surface area contributed by atoms with Crippen LogP contribution in [-0.2, 0) is 25.6 Å². The van der Waals surface area contributed by atoms with Crippen LogP contribution in [0.1, 0.15) is 252 Å². The normalized spacial score (nSPS) is 12.2. The third-order valence-corrected chi connectivity index (χ3v) is 12.0. The zero-order chi connectivity index (χ0) is 41.3. The Hall–Kier alpha value is -1.82. The van der Waals surface area contributed by atoms with Gasteiger partial charge >= 0.3 is 11.9 Å². The van der Waals surface area contributed by atoms with E-state index in [-0.39, 0.29) is 24.1 Å². The van der Waals surface area contributed by atoms with Gasteiger partial charge < -0.3 is 18.9 Å². The molecule has 57 heavy (non-hydrogen) atoms. The molecule has 1 rings (SSSR count). The van der Waals surface area contributed by atoms with Crippen LogP contribution in [0.5, 0.6) is 0 Å². The molecule has 1 aromatic heterocycles. The van der Waals surface area contributed by atoms with Gasteiger partial charge in [0.05, 0.1) is 0 Å². The first-order valence-electron chi connectivity index (χ1n) is 25.2. The smallest absolute Gasteiger partial charge is 0.306 e. The number of rotatable bonds is 44. The zero-order valence-electron chi connectivity index (χ0n) is 38.6. The van der Waals surface area contributed by atoms with Crippen LogP contribution in [0.2, 0.25) is 0 Å². The van der Waals surface area contributed by atoms with Crippen LogP contribution in [0.15, 0.2) is 24.5 Å². The molecule has 0 radical (unpaired) electrons. The molecule has 0 aromatic carbocycles. The second kappa shape index (κ2) is 40.9. The lowest BCUT2D eigenvalue weighted by Crippen LogP contribution is -2.28. The highest BCUT2D eigenvalue weighted by Crippen LogP contribution is 2.19. The molecule has 1 unspecified atom stereocenters. The van der Waals surface area contributed by atoms with Gasteiger partial charge in [0.25, 0.3) is 0 Å². The van der Waals surface area contributed by atoms with Crippen molar-refractivity contribution in [3.63, 3.8) is 0 Å². The van der Waals surface area contributed by atoms with Crippen LogP contribution in [0.25, 0.3) is 0 Å². The summed E-state index contributed by atoms with van der Waals surface area (Å²) in [5.74, 6) is 0.0441. The lowest BCUT2D eigenvalue weighted by atomic mass is 10.0. The van der Waals surface area contributed by atoms with Crippen molar-refractivity contribution in [3.8, 4) is 0 Å². The molecule has 0 saturated heterocycles. The molecule has 0 aliphatic rings. The van der Waals surface area contributed by atoms with Crippen LogP contribution in [0.3, 0.4) is 0 Å². The molecule has 1 atom stereocenters. The molecule has 0 fully saturated rings. The van der Waals surface area contributed by atoms with Gasteiger partial charge in [-0.25, -0.2) is 0 Å². The van der Waals surface area contributed by atoms with Crippen LogP contribution >= 0.6 is 0 Å². The van der Waals surface area contributed by atoms with Crippen molar-refractivity contribution in [2.45, 2.75) is 271 Å². The van der Waals surface area contributed by atoms with Gasteiger partial charge in [0.1, 0.15) is 12.2 Å². The van der Waals surface area contributed by atoms with E-state index in [1.54, 1.807) is 0 Å². The summed E-state index contributed by atoms with van der Waals surface area (Å²) < 4.78 is 14.2. The molecule has 0 spiro atoms. The Labute approximate surface area is 354 Å². The average Bonchev–Trinajstić information content (AvgIpc) is 3.73. The summed E-state index contributed by atoms with van der Waals surface area (Å²) in [6.45, 7) is 13.5. The minimum atomic E-state index is 0.00729. The molecule has 1 heterocycles. The number of unbranched alkanes of at least 4 members (excludes halogenated alkanes) is 23. The molecule has 1 aromatic rings. The van der Waals surface area contributed by atoms with Crippen LogP contribution in [0.4, 0.5) is 0 Å². The van der Waals surface area contributed by atoms with E-state index in [2.05, 4.69) is 61.7 Å². The quantitative estimate of drug-likeness (QED) is 0.0486. The number of aromatic nitrogens is 1. The number of hydrogen-bond acceptors (Lipinski definition) is 5. The van der Waals surface area contributed by atoms with Crippen LogP contribution in [0, 0.1) is 0 Å². The first-order valence-corrected chi connectivity index (χ1v) is 25.2. The highest BCUT2D eigenvalue weighted by atomic mass is 16.5. The Morgan fingerprint density at radius 3 is 1.23 bits per heavy atom. The Kier molecular flexibility index (Phi) is 38.2. The van der Waals surface area contributed by atoms with E-state index >= 15 is 0 Å². The van der Waals surface area contributed by atoms with Crippen LogP contribution in [-0.4, -0.2) is 53.2 Å². The van der Waals surface area contributed by atoms with Gasteiger partial charge in [-0.05, 0) is 109 Å². The van der Waals surface area contributed by atoms with Crippen molar-refractivity contribution in [1.82, 2.24) is 9.47 Å². The lowest BCUT2D eigenvalue weighted by Gasteiger charge is -2.22. The SMILES string of the molecule is CCCCCCCCC(CC)OC(=O)CCCCCCCN(CCCCCCCC(=O)OC(CCCCCCCC)CCCCCCCC)CCCn1cccc1. The summed E-state index contributed by atoms with van der Waals surface area (Å²) in [6, 6.07) is 4.22. The van der Waals surface area contributed by atoms with Crippen molar-refractivity contribution in [1.29, 1.82) is 0 Å². The molecule has 0 saturated carbocycles. The van der Waals surface area contributed by atoms with Gasteiger partial charge in [0, 0.05) is 31.8 Å². The van der Waals surface area contributed by atoms with Gasteiger partial charge in [0.15, 0.2) is 0 Å². The van der Waals surface area contributed by atoms with Gasteiger partial charge in [-0.15, -0.1) is 0 Å². The Bertz CT molecular complexity index is 966. The second-order valence-electron chi connectivity index (χ2n) is 17.5. The van der Waals surface area contributed by atoms with Crippen molar-refractivity contribution < 1.29 is 19.1 Å². The monoisotopic (exact) mass is 801 g/mol. The Morgan fingerprint density at radius 2 is 0.789 bits per heavy atom. The highest BCUT2D eigenvalue weighted by Gasteiger charge is 2.15. The van der Waals surface area contributed by atoms with E-state index in [9.17, 15) is 9.59 Å². The number of hydrogen-bond donors (Lipinski definition) is 0. The number of carbonyl (C=O) groups excluding carboxylic acids is 2. The van der Waals surface area contributed by atoms with Crippen molar-refractivity contribution in [2.24, 2.45) is 0 Å². The van der Waals surface area contributed by atoms with Gasteiger partial charge in [-0.2, -0.15) is 0 Å². The largest absolute Gasteiger partial charge is 0.462 e. The summed E-state index contributed by atoms with van der Waals surface area (Å²) in [5, 5.41) is 0. The maximum atomic E-state index is 12.8. The summed E-state index contributed by atoms with van der Waals surface area (Å²) in [5.41, 5.74) is 0. The standard InChI is InChI=1S/C51H96N2O4/c1-5-9-12-15-20-27-37-48(8-4)56-50(54)40-30-23-18-25-32-42-52(46-36-47-53-44-34-35-45-53)43-33-26-19-24-31-41-51(55)57-49(38-28-21-16-13-10-6-2)39-29-22-17-14-11-7-3/h34-35,44-45,48-49H,5-33,36-43,46-47H2,1-4H3. The van der Waals surface area contributed by atoms with Gasteiger partial charge in [-0.1, -0.05) is 163 Å². The first kappa shape index (κ1) is 53.2. The third-order valence-electron chi connectivity index (χ3n) is 12.0. The number of ether oxygens (including phenoxy) is 2. The predicted molar refractivity (Wildman–Crippen MR) is 245 cm³/mol. The Balaban J connectivity index is 2.29. The van der Waals surface area contributed by atoms with E-state index in [0.717, 1.165) is 77.5 Å². The number of esters is 2. The molecule has 0 aliphatic carbocycles. The molecule has 0 amide bonds. The molecule has 0 aliphatic heterocycles. The highest BCUT2D eigenvalue weighted by molar-refractivity contribution is 5.69. The molecule has 0 N–H and O–H groups in total. The van der Waals surface area contributed by atoms with Gasteiger partial charge in [0.2, 0.25) is 0 Å². The van der Waals surface area contributed by atoms with E-state index in [1.165, 1.54) is 161 Å². The van der Waals surface area contributed by atoms with Crippen LogP contribution < -0.4 is 0 Å². The average molecular weight is 801 g/mol. The van der Waals surface area contributed by atoms with E-state index < -0.39 is 0 Å². The van der Waals surface area contributed by atoms with Crippen molar-refractivity contribution in [2.75, 3.05) is 19.6 Å². The molecule has 6 heteroatoms. The minimum absolute atomic E-state index is 0.00729. The number of nitrogens with zero attached hydrogens (tertiary/aromatic N) is 2. The fourth-order valence-corrected chi connectivity index (χ4v) is 8.16.